The van der Waals surface area contributed by atoms with E-state index in [0.29, 0.717) is 24.1 Å². The van der Waals surface area contributed by atoms with Gasteiger partial charge >= 0.3 is 0 Å². The van der Waals surface area contributed by atoms with E-state index in [9.17, 15) is 13.2 Å². The van der Waals surface area contributed by atoms with E-state index in [2.05, 4.69) is 17.3 Å². The minimum atomic E-state index is -2.97. The summed E-state index contributed by atoms with van der Waals surface area (Å²) in [6.45, 7) is 2.07. The van der Waals surface area contributed by atoms with Crippen LogP contribution in [-0.2, 0) is 14.6 Å². The first-order chi connectivity index (χ1) is 10.4. The number of anilines is 1. The van der Waals surface area contributed by atoms with Crippen LogP contribution >= 0.6 is 0 Å². The Kier molecular flexibility index (Phi) is 3.11. The van der Waals surface area contributed by atoms with Crippen molar-refractivity contribution in [2.45, 2.75) is 44.6 Å². The van der Waals surface area contributed by atoms with Crippen molar-refractivity contribution < 1.29 is 13.2 Å². The highest BCUT2D eigenvalue weighted by Gasteiger charge is 2.40. The van der Waals surface area contributed by atoms with Crippen LogP contribution in [0.5, 0.6) is 0 Å². The van der Waals surface area contributed by atoms with Gasteiger partial charge in [-0.3, -0.25) is 4.79 Å². The highest BCUT2D eigenvalue weighted by Crippen LogP contribution is 2.42. The number of sulfone groups is 1. The van der Waals surface area contributed by atoms with Crippen LogP contribution in [0.2, 0.25) is 0 Å². The van der Waals surface area contributed by atoms with Crippen molar-refractivity contribution in [1.29, 1.82) is 0 Å². The van der Waals surface area contributed by atoms with Crippen LogP contribution in [0.1, 0.15) is 50.3 Å². The van der Waals surface area contributed by atoms with Gasteiger partial charge in [0.05, 0.1) is 23.2 Å². The van der Waals surface area contributed by atoms with E-state index in [1.165, 1.54) is 0 Å². The molecule has 1 aromatic rings. The molecule has 3 aliphatic rings. The topological polar surface area (TPSA) is 81.1 Å². The molecule has 120 valence electrons. The zero-order valence-electron chi connectivity index (χ0n) is 12.7. The van der Waals surface area contributed by atoms with E-state index in [1.54, 1.807) is 4.68 Å². The Labute approximate surface area is 130 Å². The number of hydrogen-bond donors (Lipinski definition) is 1. The molecule has 3 fully saturated rings. The van der Waals surface area contributed by atoms with E-state index < -0.39 is 9.84 Å². The van der Waals surface area contributed by atoms with Crippen LogP contribution in [0, 0.1) is 11.8 Å². The summed E-state index contributed by atoms with van der Waals surface area (Å²) in [5.74, 6) is 2.08. The Morgan fingerprint density at radius 2 is 2.09 bits per heavy atom. The molecule has 2 saturated carbocycles. The Morgan fingerprint density at radius 3 is 2.64 bits per heavy atom. The van der Waals surface area contributed by atoms with Gasteiger partial charge in [-0.05, 0) is 31.6 Å². The molecule has 0 spiro atoms. The summed E-state index contributed by atoms with van der Waals surface area (Å²) < 4.78 is 25.2. The largest absolute Gasteiger partial charge is 0.311 e. The lowest BCUT2D eigenvalue weighted by atomic mass is 10.2. The summed E-state index contributed by atoms with van der Waals surface area (Å²) in [7, 11) is -2.97. The van der Waals surface area contributed by atoms with E-state index in [-0.39, 0.29) is 29.4 Å². The lowest BCUT2D eigenvalue weighted by Crippen LogP contribution is -2.20. The van der Waals surface area contributed by atoms with Crippen molar-refractivity contribution in [3.05, 3.63) is 11.8 Å². The highest BCUT2D eigenvalue weighted by atomic mass is 32.2. The molecule has 1 amide bonds. The molecule has 7 heteroatoms. The van der Waals surface area contributed by atoms with Crippen molar-refractivity contribution in [1.82, 2.24) is 9.78 Å². The van der Waals surface area contributed by atoms with Crippen molar-refractivity contribution >= 4 is 21.6 Å². The molecule has 0 radical (unpaired) electrons. The van der Waals surface area contributed by atoms with Gasteiger partial charge in [0.1, 0.15) is 5.82 Å². The lowest BCUT2D eigenvalue weighted by molar-refractivity contribution is -0.117. The Morgan fingerprint density at radius 1 is 1.36 bits per heavy atom. The van der Waals surface area contributed by atoms with Gasteiger partial charge in [-0.1, -0.05) is 6.92 Å². The second-order valence-electron chi connectivity index (χ2n) is 7.04. The van der Waals surface area contributed by atoms with Gasteiger partial charge in [0, 0.05) is 17.9 Å². The molecule has 3 atom stereocenters. The van der Waals surface area contributed by atoms with E-state index in [1.807, 2.05) is 6.07 Å². The van der Waals surface area contributed by atoms with Gasteiger partial charge in [0.25, 0.3) is 0 Å². The average Bonchev–Trinajstić information content (AvgIpc) is 3.34. The third-order valence-corrected chi connectivity index (χ3v) is 6.75. The number of nitrogens with zero attached hydrogens (tertiary/aromatic N) is 2. The van der Waals surface area contributed by atoms with Crippen molar-refractivity contribution in [3.8, 4) is 0 Å². The summed E-state index contributed by atoms with van der Waals surface area (Å²) in [6, 6.07) is 1.79. The fourth-order valence-corrected chi connectivity index (χ4v) is 4.93. The van der Waals surface area contributed by atoms with Crippen LogP contribution in [0.4, 0.5) is 5.82 Å². The number of rotatable bonds is 4. The van der Waals surface area contributed by atoms with Crippen LogP contribution in [0.15, 0.2) is 6.07 Å². The van der Waals surface area contributed by atoms with Crippen molar-refractivity contribution in [2.24, 2.45) is 11.8 Å². The van der Waals surface area contributed by atoms with Gasteiger partial charge in [-0.25, -0.2) is 13.1 Å². The van der Waals surface area contributed by atoms with Crippen molar-refractivity contribution in [2.75, 3.05) is 16.8 Å². The van der Waals surface area contributed by atoms with Crippen LogP contribution in [-0.4, -0.2) is 35.6 Å². The lowest BCUT2D eigenvalue weighted by Gasteiger charge is -2.13. The van der Waals surface area contributed by atoms with Crippen molar-refractivity contribution in [3.63, 3.8) is 0 Å². The molecule has 0 aromatic carbocycles. The SMILES string of the molecule is C[C@@H]1C[C@H]1C(=O)Nc1cc(C2CC2)nn1[C@@H]1CCS(=O)(=O)C1. The molecule has 2 heterocycles. The molecule has 0 unspecified atom stereocenters. The number of carbonyl (C=O) groups is 1. The summed E-state index contributed by atoms with van der Waals surface area (Å²) >= 11 is 0. The maximum Gasteiger partial charge on any atom is 0.228 e. The number of amides is 1. The molecule has 1 saturated heterocycles. The first-order valence-corrected chi connectivity index (χ1v) is 9.86. The summed E-state index contributed by atoms with van der Waals surface area (Å²) in [5, 5.41) is 7.59. The second kappa shape index (κ2) is 4.81. The highest BCUT2D eigenvalue weighted by molar-refractivity contribution is 7.91. The third kappa shape index (κ3) is 2.66. The van der Waals surface area contributed by atoms with Crippen LogP contribution in [0.3, 0.4) is 0 Å². The van der Waals surface area contributed by atoms with E-state index >= 15 is 0 Å². The second-order valence-corrected chi connectivity index (χ2v) is 9.27. The Bertz CT molecular complexity index is 720. The smallest absolute Gasteiger partial charge is 0.228 e. The number of hydrogen-bond acceptors (Lipinski definition) is 4. The van der Waals surface area contributed by atoms with Gasteiger partial charge in [0.2, 0.25) is 5.91 Å². The number of aromatic nitrogens is 2. The molecule has 2 aliphatic carbocycles. The number of nitrogens with one attached hydrogen (secondary N) is 1. The van der Waals surface area contributed by atoms with E-state index in [0.717, 1.165) is 25.0 Å². The minimum Gasteiger partial charge on any atom is -0.311 e. The third-order valence-electron chi connectivity index (χ3n) is 5.00. The molecule has 4 rings (SSSR count). The van der Waals surface area contributed by atoms with Gasteiger partial charge < -0.3 is 5.32 Å². The normalized spacial score (nSPS) is 32.9. The molecule has 22 heavy (non-hydrogen) atoms. The molecule has 1 aromatic heterocycles. The molecule has 0 bridgehead atoms. The quantitative estimate of drug-likeness (QED) is 0.914. The molecule has 6 nitrogen and oxygen atoms in total. The predicted molar refractivity (Wildman–Crippen MR) is 82.4 cm³/mol. The van der Waals surface area contributed by atoms with Gasteiger partial charge in [0.15, 0.2) is 9.84 Å². The first-order valence-electron chi connectivity index (χ1n) is 8.04. The van der Waals surface area contributed by atoms with Crippen LogP contribution < -0.4 is 5.32 Å². The summed E-state index contributed by atoms with van der Waals surface area (Å²) in [4.78, 5) is 12.2. The fraction of sp³-hybridized carbons (Fsp3) is 0.733. The summed E-state index contributed by atoms with van der Waals surface area (Å²) in [6.07, 6.45) is 3.78. The van der Waals surface area contributed by atoms with Crippen LogP contribution in [0.25, 0.3) is 0 Å². The molecule has 1 aliphatic heterocycles. The monoisotopic (exact) mass is 323 g/mol. The molecular formula is C15H21N3O3S. The Hall–Kier alpha value is -1.37. The van der Waals surface area contributed by atoms with E-state index in [4.69, 9.17) is 0 Å². The fourth-order valence-electron chi connectivity index (χ4n) is 3.24. The predicted octanol–water partition coefficient (Wildman–Crippen LogP) is 1.71. The molecule has 1 N–H and O–H groups in total. The average molecular weight is 323 g/mol. The maximum absolute atomic E-state index is 12.2. The zero-order chi connectivity index (χ0) is 15.5. The standard InChI is InChI=1S/C15H21N3O3S/c1-9-6-12(9)15(19)16-14-7-13(10-2-3-10)17-18(14)11-4-5-22(20,21)8-11/h7,9-12H,2-6,8H2,1H3,(H,16,19)/t9-,11-,12-/m1/s1. The van der Waals surface area contributed by atoms with Gasteiger partial charge in [-0.2, -0.15) is 5.10 Å². The number of carbonyl (C=O) groups excluding carboxylic acids is 1. The molecular weight excluding hydrogens is 302 g/mol. The zero-order valence-corrected chi connectivity index (χ0v) is 13.5. The maximum atomic E-state index is 12.2. The van der Waals surface area contributed by atoms with Gasteiger partial charge in [-0.15, -0.1) is 0 Å². The Balaban J connectivity index is 1.59. The summed E-state index contributed by atoms with van der Waals surface area (Å²) in [5.41, 5.74) is 0.989. The minimum absolute atomic E-state index is 0.0388. The first kappa shape index (κ1) is 14.2.